The molecule has 27 heavy (non-hydrogen) atoms. The summed E-state index contributed by atoms with van der Waals surface area (Å²) in [6.45, 7) is 2.73. The lowest BCUT2D eigenvalue weighted by Crippen LogP contribution is -2.58. The molecule has 1 aromatic carbocycles. The van der Waals surface area contributed by atoms with Gasteiger partial charge in [0.1, 0.15) is 18.2 Å². The van der Waals surface area contributed by atoms with Crippen molar-refractivity contribution in [2.24, 2.45) is 0 Å². The van der Waals surface area contributed by atoms with Gasteiger partial charge in [-0.25, -0.2) is 8.78 Å². The molecule has 4 rings (SSSR count). The lowest BCUT2D eigenvalue weighted by atomic mass is 9.89. The molecule has 1 spiro atoms. The van der Waals surface area contributed by atoms with Gasteiger partial charge in [-0.15, -0.1) is 0 Å². The number of rotatable bonds is 3. The third kappa shape index (κ3) is 3.99. The number of carbonyl (C=O) groups excluding carboxylic acids is 1. The van der Waals surface area contributed by atoms with Crippen LogP contribution in [0, 0.1) is 11.6 Å². The van der Waals surface area contributed by atoms with Crippen LogP contribution in [0.2, 0.25) is 0 Å². The summed E-state index contributed by atoms with van der Waals surface area (Å²) >= 11 is 0. The summed E-state index contributed by atoms with van der Waals surface area (Å²) in [4.78, 5) is 20.1. The van der Waals surface area contributed by atoms with E-state index in [2.05, 4.69) is 9.88 Å². The largest absolute Gasteiger partial charge is 0.363 e. The highest BCUT2D eigenvalue weighted by Crippen LogP contribution is 2.33. The first-order valence-corrected chi connectivity index (χ1v) is 9.05. The molecule has 1 amide bonds. The molecule has 142 valence electrons. The smallest absolute Gasteiger partial charge is 0.253 e. The minimum absolute atomic E-state index is 0.0329. The molecule has 0 bridgehead atoms. The number of benzene rings is 1. The molecule has 3 heterocycles. The molecule has 1 aromatic heterocycles. The Morgan fingerprint density at radius 2 is 1.81 bits per heavy atom. The van der Waals surface area contributed by atoms with Crippen LogP contribution in [0.3, 0.4) is 0 Å². The highest BCUT2D eigenvalue weighted by Gasteiger charge is 2.42. The van der Waals surface area contributed by atoms with E-state index in [1.165, 1.54) is 24.4 Å². The molecule has 0 radical (unpaired) electrons. The van der Waals surface area contributed by atoms with Crippen molar-refractivity contribution in [3.05, 3.63) is 59.9 Å². The Labute approximate surface area is 156 Å². The molecule has 0 aliphatic carbocycles. The van der Waals surface area contributed by atoms with Gasteiger partial charge < -0.3 is 9.64 Å². The second-order valence-electron chi connectivity index (χ2n) is 7.22. The molecular weight excluding hydrogens is 352 g/mol. The van der Waals surface area contributed by atoms with Crippen LogP contribution in [-0.4, -0.2) is 47.6 Å². The van der Waals surface area contributed by atoms with Crippen LogP contribution in [-0.2, 0) is 16.1 Å². The number of carbonyl (C=O) groups is 1. The number of likely N-dealkylation sites (tertiary alicyclic amines) is 1. The SMILES string of the molecule is O=C1COC2(CCN(Cc3cncc(F)c3)CC2)CN1c1ccc(F)cc1. The zero-order valence-corrected chi connectivity index (χ0v) is 14.9. The number of hydrogen-bond acceptors (Lipinski definition) is 4. The van der Waals surface area contributed by atoms with Crippen LogP contribution < -0.4 is 4.90 Å². The van der Waals surface area contributed by atoms with Crippen LogP contribution in [0.4, 0.5) is 14.5 Å². The number of aromatic nitrogens is 1. The summed E-state index contributed by atoms with van der Waals surface area (Å²) in [5.74, 6) is -0.764. The number of halogens is 2. The van der Waals surface area contributed by atoms with Gasteiger partial charge in [0.15, 0.2) is 0 Å². The zero-order valence-electron chi connectivity index (χ0n) is 14.9. The van der Waals surface area contributed by atoms with Crippen molar-refractivity contribution in [1.82, 2.24) is 9.88 Å². The monoisotopic (exact) mass is 373 g/mol. The fourth-order valence-corrected chi connectivity index (χ4v) is 3.79. The van der Waals surface area contributed by atoms with Gasteiger partial charge in [-0.2, -0.15) is 0 Å². The van der Waals surface area contributed by atoms with Crippen LogP contribution in [0.15, 0.2) is 42.7 Å². The van der Waals surface area contributed by atoms with Gasteiger partial charge in [0.25, 0.3) is 5.91 Å². The average molecular weight is 373 g/mol. The summed E-state index contributed by atoms with van der Waals surface area (Å²) in [5.41, 5.74) is 1.15. The molecule has 0 saturated carbocycles. The topological polar surface area (TPSA) is 45.7 Å². The van der Waals surface area contributed by atoms with E-state index >= 15 is 0 Å². The highest BCUT2D eigenvalue weighted by molar-refractivity contribution is 5.95. The Hall–Kier alpha value is -2.38. The van der Waals surface area contributed by atoms with Crippen LogP contribution >= 0.6 is 0 Å². The number of morpholine rings is 1. The number of amides is 1. The van der Waals surface area contributed by atoms with E-state index in [1.54, 1.807) is 23.2 Å². The Morgan fingerprint density at radius 3 is 2.52 bits per heavy atom. The van der Waals surface area contributed by atoms with Gasteiger partial charge in [-0.3, -0.25) is 14.7 Å². The first kappa shape index (κ1) is 18.0. The first-order valence-electron chi connectivity index (χ1n) is 9.05. The summed E-state index contributed by atoms with van der Waals surface area (Å²) in [7, 11) is 0. The third-order valence-corrected chi connectivity index (χ3v) is 5.32. The van der Waals surface area contributed by atoms with Crippen molar-refractivity contribution in [2.45, 2.75) is 25.0 Å². The van der Waals surface area contributed by atoms with E-state index in [1.807, 2.05) is 0 Å². The standard InChI is InChI=1S/C20H21F2N3O2/c21-16-1-3-18(4-2-16)25-14-20(27-13-19(25)26)5-7-24(8-6-20)12-15-9-17(22)11-23-10-15/h1-4,9-11H,5-8,12-14H2. The minimum atomic E-state index is -0.390. The number of hydrogen-bond donors (Lipinski definition) is 0. The molecule has 0 unspecified atom stereocenters. The fourth-order valence-electron chi connectivity index (χ4n) is 3.79. The van der Waals surface area contributed by atoms with Crippen LogP contribution in [0.25, 0.3) is 0 Å². The summed E-state index contributed by atoms with van der Waals surface area (Å²) in [5, 5.41) is 0. The van der Waals surface area contributed by atoms with E-state index in [0.717, 1.165) is 31.5 Å². The summed E-state index contributed by atoms with van der Waals surface area (Å²) in [6, 6.07) is 7.47. The second-order valence-corrected chi connectivity index (χ2v) is 7.22. The van der Waals surface area contributed by atoms with E-state index in [0.29, 0.717) is 18.8 Å². The summed E-state index contributed by atoms with van der Waals surface area (Å²) < 4.78 is 32.4. The summed E-state index contributed by atoms with van der Waals surface area (Å²) in [6.07, 6.45) is 4.44. The zero-order chi connectivity index (χ0) is 18.9. The molecule has 2 saturated heterocycles. The number of nitrogens with zero attached hydrogens (tertiary/aromatic N) is 3. The average Bonchev–Trinajstić information content (AvgIpc) is 2.67. The van der Waals surface area contributed by atoms with E-state index in [9.17, 15) is 13.6 Å². The van der Waals surface area contributed by atoms with Crippen LogP contribution in [0.1, 0.15) is 18.4 Å². The Balaban J connectivity index is 1.41. The van der Waals surface area contributed by atoms with Gasteiger partial charge in [0.2, 0.25) is 0 Å². The molecule has 0 N–H and O–H groups in total. The quantitative estimate of drug-likeness (QED) is 0.830. The predicted molar refractivity (Wildman–Crippen MR) is 96.1 cm³/mol. The van der Waals surface area contributed by atoms with Crippen molar-refractivity contribution >= 4 is 11.6 Å². The minimum Gasteiger partial charge on any atom is -0.363 e. The number of anilines is 1. The van der Waals surface area contributed by atoms with Crippen molar-refractivity contribution in [3.63, 3.8) is 0 Å². The van der Waals surface area contributed by atoms with Crippen molar-refractivity contribution in [2.75, 3.05) is 31.1 Å². The Morgan fingerprint density at radius 1 is 1.07 bits per heavy atom. The number of piperidine rings is 1. The van der Waals surface area contributed by atoms with Gasteiger partial charge >= 0.3 is 0 Å². The van der Waals surface area contributed by atoms with Crippen molar-refractivity contribution < 1.29 is 18.3 Å². The number of pyridine rings is 1. The number of ether oxygens (including phenoxy) is 1. The van der Waals surface area contributed by atoms with Crippen molar-refractivity contribution in [3.8, 4) is 0 Å². The molecule has 2 aromatic rings. The Bertz CT molecular complexity index is 820. The highest BCUT2D eigenvalue weighted by atomic mass is 19.1. The van der Waals surface area contributed by atoms with Gasteiger partial charge in [-0.1, -0.05) is 0 Å². The van der Waals surface area contributed by atoms with E-state index < -0.39 is 0 Å². The molecule has 2 fully saturated rings. The molecule has 2 aliphatic rings. The van der Waals surface area contributed by atoms with E-state index in [4.69, 9.17) is 4.74 Å². The molecule has 0 atom stereocenters. The maximum Gasteiger partial charge on any atom is 0.253 e. The van der Waals surface area contributed by atoms with Crippen LogP contribution in [0.5, 0.6) is 0 Å². The predicted octanol–water partition coefficient (Wildman–Crippen LogP) is 2.76. The Kier molecular flexibility index (Phi) is 4.88. The lowest BCUT2D eigenvalue weighted by Gasteiger charge is -2.47. The third-order valence-electron chi connectivity index (χ3n) is 5.32. The lowest BCUT2D eigenvalue weighted by molar-refractivity contribution is -0.144. The molecule has 7 heteroatoms. The van der Waals surface area contributed by atoms with E-state index in [-0.39, 0.29) is 29.7 Å². The maximum atomic E-state index is 13.3. The molecular formula is C20H21F2N3O2. The van der Waals surface area contributed by atoms with Gasteiger partial charge in [-0.05, 0) is 48.7 Å². The normalized spacial score (nSPS) is 20.2. The maximum absolute atomic E-state index is 13.3. The second kappa shape index (κ2) is 7.32. The van der Waals surface area contributed by atoms with Gasteiger partial charge in [0.05, 0.1) is 18.3 Å². The first-order chi connectivity index (χ1) is 13.0. The van der Waals surface area contributed by atoms with Crippen molar-refractivity contribution in [1.29, 1.82) is 0 Å². The fraction of sp³-hybridized carbons (Fsp3) is 0.400. The van der Waals surface area contributed by atoms with Gasteiger partial charge in [0, 0.05) is 31.5 Å². The molecule has 2 aliphatic heterocycles. The molecule has 5 nitrogen and oxygen atoms in total.